The molecule has 0 aromatic heterocycles. The van der Waals surface area contributed by atoms with Crippen LogP contribution in [-0.2, 0) is 0 Å². The monoisotopic (exact) mass is 393 g/mol. The summed E-state index contributed by atoms with van der Waals surface area (Å²) in [4.78, 5) is 4.50. The van der Waals surface area contributed by atoms with Gasteiger partial charge in [-0.1, -0.05) is 30.3 Å². The first kappa shape index (κ1) is 17.6. The molecule has 0 aliphatic carbocycles. The zero-order valence-corrected chi connectivity index (χ0v) is 15.3. The van der Waals surface area contributed by atoms with Crippen molar-refractivity contribution in [1.29, 1.82) is 0 Å². The second-order valence-corrected chi connectivity index (χ2v) is 6.04. The van der Waals surface area contributed by atoms with Crippen LogP contribution in [0, 0.1) is 6.92 Å². The van der Waals surface area contributed by atoms with Gasteiger partial charge in [0.25, 0.3) is 0 Å². The molecule has 0 aliphatic heterocycles. The van der Waals surface area contributed by atoms with E-state index in [1.807, 2.05) is 37.3 Å². The molecule has 0 amide bonds. The number of nitrogens with zero attached hydrogens (tertiary/aromatic N) is 1. The molecule has 0 saturated heterocycles. The summed E-state index contributed by atoms with van der Waals surface area (Å²) >= 11 is 9.61. The summed E-state index contributed by atoms with van der Waals surface area (Å²) in [6, 6.07) is 9.44. The van der Waals surface area contributed by atoms with Crippen LogP contribution in [-0.4, -0.2) is 19.9 Å². The van der Waals surface area contributed by atoms with Crippen molar-refractivity contribution in [2.45, 2.75) is 6.92 Å². The maximum absolute atomic E-state index is 6.11. The Morgan fingerprint density at radius 1 is 1.35 bits per heavy atom. The van der Waals surface area contributed by atoms with E-state index in [1.54, 1.807) is 19.4 Å². The highest BCUT2D eigenvalue weighted by atomic mass is 79.9. The first-order valence-corrected chi connectivity index (χ1v) is 8.14. The average molecular weight is 395 g/mol. The molecule has 0 bridgehead atoms. The number of hydrogen-bond acceptors (Lipinski definition) is 3. The highest BCUT2D eigenvalue weighted by molar-refractivity contribution is 9.10. The number of hydrogen-bond donors (Lipinski definition) is 0. The smallest absolute Gasteiger partial charge is 0.175 e. The van der Waals surface area contributed by atoms with Crippen LogP contribution >= 0.6 is 27.5 Å². The molecule has 0 radical (unpaired) electrons. The van der Waals surface area contributed by atoms with Crippen LogP contribution in [0.5, 0.6) is 11.5 Å². The summed E-state index contributed by atoms with van der Waals surface area (Å²) in [5.74, 6) is 1.27. The van der Waals surface area contributed by atoms with Gasteiger partial charge in [0.1, 0.15) is 6.61 Å². The Balaban J connectivity index is 2.33. The van der Waals surface area contributed by atoms with E-state index in [1.165, 1.54) is 0 Å². The lowest BCUT2D eigenvalue weighted by Crippen LogP contribution is -1.98. The molecule has 120 valence electrons. The molecule has 0 unspecified atom stereocenters. The van der Waals surface area contributed by atoms with Gasteiger partial charge in [0.2, 0.25) is 0 Å². The lowest BCUT2D eigenvalue weighted by atomic mass is 10.2. The molecule has 23 heavy (non-hydrogen) atoms. The number of benzene rings is 2. The van der Waals surface area contributed by atoms with Crippen LogP contribution < -0.4 is 9.47 Å². The van der Waals surface area contributed by atoms with Crippen LogP contribution in [0.25, 0.3) is 0 Å². The SMILES string of the molecule is C=CCOc1c(Br)cc(C=Nc2cccc(Cl)c2C)cc1OC. The minimum absolute atomic E-state index is 0.407. The molecule has 0 spiro atoms. The molecule has 5 heteroatoms. The molecular formula is C18H17BrClNO2. The van der Waals surface area contributed by atoms with Crippen molar-refractivity contribution in [1.82, 2.24) is 0 Å². The maximum Gasteiger partial charge on any atom is 0.175 e. The Morgan fingerprint density at radius 2 is 2.13 bits per heavy atom. The highest BCUT2D eigenvalue weighted by Crippen LogP contribution is 2.36. The molecule has 0 N–H and O–H groups in total. The largest absolute Gasteiger partial charge is 0.493 e. The van der Waals surface area contributed by atoms with Gasteiger partial charge in [0, 0.05) is 11.2 Å². The van der Waals surface area contributed by atoms with Crippen molar-refractivity contribution >= 4 is 39.4 Å². The third kappa shape index (κ3) is 4.36. The van der Waals surface area contributed by atoms with Crippen molar-refractivity contribution in [3.8, 4) is 11.5 Å². The van der Waals surface area contributed by atoms with Crippen LogP contribution in [0.2, 0.25) is 5.02 Å². The Labute approximate surface area is 149 Å². The van der Waals surface area contributed by atoms with Gasteiger partial charge in [-0.25, -0.2) is 0 Å². The zero-order chi connectivity index (χ0) is 16.8. The van der Waals surface area contributed by atoms with Crippen molar-refractivity contribution in [2.24, 2.45) is 4.99 Å². The number of rotatable bonds is 6. The first-order valence-electron chi connectivity index (χ1n) is 6.97. The molecule has 0 heterocycles. The van der Waals surface area contributed by atoms with E-state index < -0.39 is 0 Å². The van der Waals surface area contributed by atoms with E-state index in [2.05, 4.69) is 27.5 Å². The van der Waals surface area contributed by atoms with Crippen molar-refractivity contribution in [3.05, 3.63) is 63.6 Å². The highest BCUT2D eigenvalue weighted by Gasteiger charge is 2.10. The van der Waals surface area contributed by atoms with Crippen molar-refractivity contribution in [2.75, 3.05) is 13.7 Å². The normalized spacial score (nSPS) is 10.8. The number of ether oxygens (including phenoxy) is 2. The van der Waals surface area contributed by atoms with Gasteiger partial charge >= 0.3 is 0 Å². The Kier molecular flexibility index (Phi) is 6.25. The molecule has 2 rings (SSSR count). The van der Waals surface area contributed by atoms with Gasteiger partial charge in [-0.05, 0) is 58.2 Å². The standard InChI is InChI=1S/C18H17BrClNO2/c1-4-8-23-18-14(19)9-13(10-17(18)22-3)11-21-16-7-5-6-15(20)12(16)2/h4-7,9-11H,1,8H2,2-3H3. The molecular weight excluding hydrogens is 378 g/mol. The molecule has 0 saturated carbocycles. The number of methoxy groups -OCH3 is 1. The molecule has 2 aromatic carbocycles. The quantitative estimate of drug-likeness (QED) is 0.462. The van der Waals surface area contributed by atoms with Gasteiger partial charge in [-0.15, -0.1) is 0 Å². The third-order valence-corrected chi connectivity index (χ3v) is 4.19. The van der Waals surface area contributed by atoms with E-state index in [4.69, 9.17) is 21.1 Å². The van der Waals surface area contributed by atoms with E-state index in [0.717, 1.165) is 21.3 Å². The third-order valence-electron chi connectivity index (χ3n) is 3.19. The van der Waals surface area contributed by atoms with Gasteiger partial charge in [-0.3, -0.25) is 4.99 Å². The average Bonchev–Trinajstić information content (AvgIpc) is 2.54. The number of aliphatic imine (C=N–C) groups is 1. The predicted octanol–water partition coefficient (Wildman–Crippen LogP) is 5.73. The van der Waals surface area contributed by atoms with Gasteiger partial charge < -0.3 is 9.47 Å². The Morgan fingerprint density at radius 3 is 2.83 bits per heavy atom. The molecule has 3 nitrogen and oxygen atoms in total. The number of halogens is 2. The summed E-state index contributed by atoms with van der Waals surface area (Å²) < 4.78 is 11.8. The minimum Gasteiger partial charge on any atom is -0.493 e. The molecule has 0 fully saturated rings. The predicted molar refractivity (Wildman–Crippen MR) is 99.8 cm³/mol. The van der Waals surface area contributed by atoms with Crippen LogP contribution in [0.1, 0.15) is 11.1 Å². The summed E-state index contributed by atoms with van der Waals surface area (Å²) in [5.41, 5.74) is 2.67. The lowest BCUT2D eigenvalue weighted by Gasteiger charge is -2.12. The summed E-state index contributed by atoms with van der Waals surface area (Å²) in [5, 5.41) is 0.701. The maximum atomic E-state index is 6.11. The summed E-state index contributed by atoms with van der Waals surface area (Å²) in [6.45, 7) is 5.99. The second kappa shape index (κ2) is 8.18. The van der Waals surface area contributed by atoms with Gasteiger partial charge in [0.15, 0.2) is 11.5 Å². The topological polar surface area (TPSA) is 30.8 Å². The lowest BCUT2D eigenvalue weighted by molar-refractivity contribution is 0.324. The Bertz CT molecular complexity index is 744. The van der Waals surface area contributed by atoms with Crippen molar-refractivity contribution in [3.63, 3.8) is 0 Å². The van der Waals surface area contributed by atoms with E-state index in [-0.39, 0.29) is 0 Å². The minimum atomic E-state index is 0.407. The summed E-state index contributed by atoms with van der Waals surface area (Å²) in [7, 11) is 1.60. The first-order chi connectivity index (χ1) is 11.1. The Hall–Kier alpha value is -1.78. The van der Waals surface area contributed by atoms with Gasteiger partial charge in [-0.2, -0.15) is 0 Å². The molecule has 2 aromatic rings. The van der Waals surface area contributed by atoms with Crippen LogP contribution in [0.15, 0.2) is 52.5 Å². The molecule has 0 aliphatic rings. The van der Waals surface area contributed by atoms with Crippen molar-refractivity contribution < 1.29 is 9.47 Å². The fraction of sp³-hybridized carbons (Fsp3) is 0.167. The zero-order valence-electron chi connectivity index (χ0n) is 13.0. The fourth-order valence-corrected chi connectivity index (χ4v) is 2.72. The second-order valence-electron chi connectivity index (χ2n) is 4.78. The van der Waals surface area contributed by atoms with E-state index >= 15 is 0 Å². The van der Waals surface area contributed by atoms with Crippen LogP contribution in [0.4, 0.5) is 5.69 Å². The van der Waals surface area contributed by atoms with E-state index in [9.17, 15) is 0 Å². The van der Waals surface area contributed by atoms with E-state index in [0.29, 0.717) is 23.1 Å². The summed E-state index contributed by atoms with van der Waals surface area (Å²) in [6.07, 6.45) is 3.45. The fourth-order valence-electron chi connectivity index (χ4n) is 1.98. The van der Waals surface area contributed by atoms with Crippen LogP contribution in [0.3, 0.4) is 0 Å². The van der Waals surface area contributed by atoms with Gasteiger partial charge in [0.05, 0.1) is 17.3 Å². The molecule has 0 atom stereocenters.